The molecule has 0 heterocycles. The van der Waals surface area contributed by atoms with Gasteiger partial charge in [0.1, 0.15) is 0 Å². The first-order valence-corrected chi connectivity index (χ1v) is 6.96. The summed E-state index contributed by atoms with van der Waals surface area (Å²) in [5.41, 5.74) is 0.517. The van der Waals surface area contributed by atoms with E-state index in [9.17, 15) is 0 Å². The van der Waals surface area contributed by atoms with Gasteiger partial charge in [0.15, 0.2) is 0 Å². The van der Waals surface area contributed by atoms with Crippen LogP contribution in [0.25, 0.3) is 0 Å². The van der Waals surface area contributed by atoms with Gasteiger partial charge in [0.05, 0.1) is 0 Å². The lowest BCUT2D eigenvalue weighted by Crippen LogP contribution is -2.03. The van der Waals surface area contributed by atoms with Crippen molar-refractivity contribution < 1.29 is 0 Å². The second-order valence-corrected chi connectivity index (χ2v) is 6.07. The molecule has 0 aliphatic heterocycles. The predicted octanol–water partition coefficient (Wildman–Crippen LogP) is 5.52. The lowest BCUT2D eigenvalue weighted by Gasteiger charge is -2.17. The monoisotopic (exact) mass is 221 g/mol. The van der Waals surface area contributed by atoms with Crippen LogP contribution in [0, 0.1) is 17.8 Å². The molecule has 0 aromatic carbocycles. The van der Waals surface area contributed by atoms with E-state index in [4.69, 9.17) is 6.42 Å². The van der Waals surface area contributed by atoms with Gasteiger partial charge in [0, 0.05) is 6.42 Å². The quantitative estimate of drug-likeness (QED) is 0.355. The standard InChI is InChI=1S/C16H29/c1-5-6-7-8-9-10-11-12-13-14-15-16(2,3)4/h6-15H2,2-4H3. The average molecular weight is 221 g/mol. The van der Waals surface area contributed by atoms with Gasteiger partial charge in [-0.3, -0.25) is 0 Å². The Labute approximate surface area is 103 Å². The molecule has 0 aliphatic rings. The smallest absolute Gasteiger partial charge is 0.00989 e. The van der Waals surface area contributed by atoms with Crippen LogP contribution in [0.15, 0.2) is 0 Å². The first-order valence-electron chi connectivity index (χ1n) is 6.96. The van der Waals surface area contributed by atoms with Crippen molar-refractivity contribution in [1.82, 2.24) is 0 Å². The second kappa shape index (κ2) is 9.76. The van der Waals surface area contributed by atoms with E-state index in [2.05, 4.69) is 26.7 Å². The highest BCUT2D eigenvalue weighted by Crippen LogP contribution is 2.22. The molecule has 0 aromatic heterocycles. The third-order valence-electron chi connectivity index (χ3n) is 2.98. The van der Waals surface area contributed by atoms with Crippen LogP contribution in [0.1, 0.15) is 85.0 Å². The number of unbranched alkanes of at least 4 members (excludes halogenated alkanes) is 8. The maximum Gasteiger partial charge on any atom is 0.00989 e. The van der Waals surface area contributed by atoms with Crippen molar-refractivity contribution in [3.8, 4) is 5.92 Å². The zero-order valence-electron chi connectivity index (χ0n) is 11.6. The topological polar surface area (TPSA) is 0 Å². The molecule has 0 atom stereocenters. The fourth-order valence-corrected chi connectivity index (χ4v) is 1.93. The number of hydrogen-bond acceptors (Lipinski definition) is 0. The Morgan fingerprint density at radius 2 is 1.19 bits per heavy atom. The molecule has 0 rings (SSSR count). The van der Waals surface area contributed by atoms with Gasteiger partial charge >= 0.3 is 0 Å². The average Bonchev–Trinajstić information content (AvgIpc) is 2.19. The van der Waals surface area contributed by atoms with Gasteiger partial charge in [-0.15, -0.1) is 0 Å². The Kier molecular flexibility index (Phi) is 9.49. The fourth-order valence-electron chi connectivity index (χ4n) is 1.93. The summed E-state index contributed by atoms with van der Waals surface area (Å²) in [6, 6.07) is 0. The lowest BCUT2D eigenvalue weighted by molar-refractivity contribution is 0.356. The summed E-state index contributed by atoms with van der Waals surface area (Å²) < 4.78 is 0. The van der Waals surface area contributed by atoms with Gasteiger partial charge in [0.25, 0.3) is 0 Å². The van der Waals surface area contributed by atoms with Crippen LogP contribution >= 0.6 is 0 Å². The van der Waals surface area contributed by atoms with Crippen molar-refractivity contribution in [3.05, 3.63) is 6.42 Å². The largest absolute Gasteiger partial charge is 0.0891 e. The zero-order valence-corrected chi connectivity index (χ0v) is 11.6. The third-order valence-corrected chi connectivity index (χ3v) is 2.98. The molecule has 93 valence electrons. The highest BCUT2D eigenvalue weighted by molar-refractivity contribution is 4.74. The molecule has 0 saturated carbocycles. The molecule has 0 aliphatic carbocycles. The van der Waals surface area contributed by atoms with Crippen LogP contribution in [0.5, 0.6) is 0 Å². The molecule has 0 spiro atoms. The van der Waals surface area contributed by atoms with E-state index in [1.54, 1.807) is 0 Å². The molecule has 0 bridgehead atoms. The highest BCUT2D eigenvalue weighted by atomic mass is 14.1. The summed E-state index contributed by atoms with van der Waals surface area (Å²) in [4.78, 5) is 0. The van der Waals surface area contributed by atoms with E-state index in [-0.39, 0.29) is 0 Å². The maximum atomic E-state index is 6.80. The fraction of sp³-hybridized carbons (Fsp3) is 0.875. The Balaban J connectivity index is 3.02. The van der Waals surface area contributed by atoms with E-state index in [1.807, 2.05) is 0 Å². The van der Waals surface area contributed by atoms with Crippen LogP contribution in [-0.2, 0) is 0 Å². The van der Waals surface area contributed by atoms with E-state index in [0.29, 0.717) is 5.41 Å². The Morgan fingerprint density at radius 3 is 1.62 bits per heavy atom. The van der Waals surface area contributed by atoms with Gasteiger partial charge in [0.2, 0.25) is 0 Å². The van der Waals surface area contributed by atoms with Crippen molar-refractivity contribution in [2.24, 2.45) is 5.41 Å². The van der Waals surface area contributed by atoms with Crippen LogP contribution < -0.4 is 0 Å². The van der Waals surface area contributed by atoms with Crippen LogP contribution in [0.4, 0.5) is 0 Å². The predicted molar refractivity (Wildman–Crippen MR) is 72.8 cm³/mol. The molecule has 1 radical (unpaired) electrons. The minimum absolute atomic E-state index is 0.517. The van der Waals surface area contributed by atoms with Crippen LogP contribution in [0.3, 0.4) is 0 Å². The summed E-state index contributed by atoms with van der Waals surface area (Å²) in [5.74, 6) is 2.45. The minimum Gasteiger partial charge on any atom is -0.0891 e. The third kappa shape index (κ3) is 13.6. The van der Waals surface area contributed by atoms with E-state index in [1.165, 1.54) is 51.4 Å². The highest BCUT2D eigenvalue weighted by Gasteiger charge is 2.08. The van der Waals surface area contributed by atoms with Gasteiger partial charge < -0.3 is 0 Å². The minimum atomic E-state index is 0.517. The molecule has 0 heteroatoms. The number of rotatable bonds is 9. The molecule has 16 heavy (non-hydrogen) atoms. The first-order chi connectivity index (χ1) is 7.56. The summed E-state index contributed by atoms with van der Waals surface area (Å²) in [6.07, 6.45) is 19.8. The molecule has 0 fully saturated rings. The van der Waals surface area contributed by atoms with Crippen LogP contribution in [-0.4, -0.2) is 0 Å². The summed E-state index contributed by atoms with van der Waals surface area (Å²) in [7, 11) is 0. The van der Waals surface area contributed by atoms with Gasteiger partial charge in [-0.05, 0) is 24.7 Å². The zero-order chi connectivity index (χ0) is 12.3. The maximum absolute atomic E-state index is 6.80. The van der Waals surface area contributed by atoms with Gasteiger partial charge in [-0.1, -0.05) is 71.6 Å². The molecule has 0 unspecified atom stereocenters. The second-order valence-electron chi connectivity index (χ2n) is 6.07. The van der Waals surface area contributed by atoms with Gasteiger partial charge in [-0.25, -0.2) is 0 Å². The summed E-state index contributed by atoms with van der Waals surface area (Å²) in [6.45, 7) is 6.98. The van der Waals surface area contributed by atoms with E-state index in [0.717, 1.165) is 12.8 Å². The Bertz CT molecular complexity index is 177. The SMILES string of the molecule is [C]#CCCCCCCCCCCC(C)(C)C. The summed E-state index contributed by atoms with van der Waals surface area (Å²) >= 11 is 0. The molecular formula is C16H29. The molecule has 0 aromatic rings. The lowest BCUT2D eigenvalue weighted by atomic mass is 9.89. The molecule has 0 amide bonds. The van der Waals surface area contributed by atoms with Crippen molar-refractivity contribution in [2.45, 2.75) is 85.0 Å². The molecule has 0 saturated heterocycles. The van der Waals surface area contributed by atoms with E-state index >= 15 is 0 Å². The van der Waals surface area contributed by atoms with Gasteiger partial charge in [-0.2, -0.15) is 0 Å². The number of hydrogen-bond donors (Lipinski definition) is 0. The summed E-state index contributed by atoms with van der Waals surface area (Å²) in [5, 5.41) is 0. The van der Waals surface area contributed by atoms with Crippen molar-refractivity contribution in [1.29, 1.82) is 0 Å². The van der Waals surface area contributed by atoms with Crippen molar-refractivity contribution >= 4 is 0 Å². The normalized spacial score (nSPS) is 11.4. The van der Waals surface area contributed by atoms with E-state index < -0.39 is 0 Å². The van der Waals surface area contributed by atoms with Crippen molar-refractivity contribution in [3.63, 3.8) is 0 Å². The Hall–Kier alpha value is -0.440. The van der Waals surface area contributed by atoms with Crippen molar-refractivity contribution in [2.75, 3.05) is 0 Å². The van der Waals surface area contributed by atoms with Crippen LogP contribution in [0.2, 0.25) is 0 Å². The molecular weight excluding hydrogens is 192 g/mol. The Morgan fingerprint density at radius 1 is 0.750 bits per heavy atom. The first kappa shape index (κ1) is 15.6. The molecule has 0 nitrogen and oxygen atoms in total. The molecule has 0 N–H and O–H groups in total.